The first kappa shape index (κ1) is 39.0. The number of nitrogens with one attached hydrogen (secondary N) is 2. The highest BCUT2D eigenvalue weighted by Gasteiger charge is 2.45. The van der Waals surface area contributed by atoms with Crippen molar-refractivity contribution < 1.29 is 32.3 Å². The number of halogens is 3. The van der Waals surface area contributed by atoms with Crippen molar-refractivity contribution in [3.05, 3.63) is 87.9 Å². The second-order valence-electron chi connectivity index (χ2n) is 18.2. The maximum Gasteiger partial charge on any atom is 0.401 e. The molecule has 2 aromatic heterocycles. The molecule has 4 atom stereocenters. The molecule has 4 aromatic rings. The summed E-state index contributed by atoms with van der Waals surface area (Å²) < 4.78 is 41.7. The Labute approximate surface area is 345 Å². The smallest absolute Gasteiger partial charge is 0.370 e. The van der Waals surface area contributed by atoms with Crippen LogP contribution in [0, 0.1) is 17.3 Å². The number of rotatable bonds is 6. The number of hydrogen-bond donors (Lipinski definition) is 2. The largest absolute Gasteiger partial charge is 0.401 e. The van der Waals surface area contributed by atoms with Gasteiger partial charge in [-0.2, -0.15) is 18.3 Å². The Morgan fingerprint density at radius 3 is 2.37 bits per heavy atom. The van der Waals surface area contributed by atoms with E-state index in [9.17, 15) is 32.3 Å². The number of likely N-dealkylation sites (tertiary alicyclic amines) is 1. The summed E-state index contributed by atoms with van der Waals surface area (Å²) in [5.74, 6) is -1.52. The highest BCUT2D eigenvalue weighted by Crippen LogP contribution is 2.44. The number of carbonyl (C=O) groups is 4. The summed E-state index contributed by atoms with van der Waals surface area (Å²) in [4.78, 5) is 64.0. The Morgan fingerprint density at radius 1 is 0.900 bits per heavy atom. The standard InChI is InChI=1S/C45H49F3N8O4/c1-26-16-34-31(3-6-37-36(34)21-50-52-37)41(56(26)25-45(46,47)48)38-5-2-30(20-49-38)54-14-10-44(11-15-54)8-12-53(13-9-44)24-40(58)55-22-28-17-27-18-35(32-4-7-39(57)51-43(32)60)42(59)33(27)19-29(28)23-55/h2-3,5-6,17,19-21,26,32,35,41H,4,7-16,18,22-25H2,1H3,(H,50,52)(H,51,57,60)/t26-,32?,35?,41+/m1/s1. The van der Waals surface area contributed by atoms with E-state index in [-0.39, 0.29) is 41.4 Å². The molecule has 7 heterocycles. The maximum absolute atomic E-state index is 13.9. The first-order chi connectivity index (χ1) is 28.8. The molecule has 3 amide bonds. The lowest BCUT2D eigenvalue weighted by Gasteiger charge is -2.47. The molecule has 2 aromatic carbocycles. The zero-order chi connectivity index (χ0) is 41.5. The van der Waals surface area contributed by atoms with Gasteiger partial charge in [0.1, 0.15) is 0 Å². The summed E-state index contributed by atoms with van der Waals surface area (Å²) in [5, 5.41) is 10.5. The number of imide groups is 1. The fourth-order valence-corrected chi connectivity index (χ4v) is 11.2. The quantitative estimate of drug-likeness (QED) is 0.242. The molecule has 314 valence electrons. The van der Waals surface area contributed by atoms with Crippen LogP contribution < -0.4 is 10.2 Å². The fourth-order valence-electron chi connectivity index (χ4n) is 11.2. The third kappa shape index (κ3) is 7.06. The fraction of sp³-hybridized carbons (Fsp3) is 0.511. The van der Waals surface area contributed by atoms with Crippen LogP contribution in [0.15, 0.2) is 48.8 Å². The summed E-state index contributed by atoms with van der Waals surface area (Å²) in [7, 11) is 0. The lowest BCUT2D eigenvalue weighted by molar-refractivity contribution is -0.155. The normalized spacial score (nSPS) is 25.8. The van der Waals surface area contributed by atoms with Crippen LogP contribution in [0.4, 0.5) is 18.9 Å². The molecule has 2 N–H and O–H groups in total. The van der Waals surface area contributed by atoms with Gasteiger partial charge in [-0.1, -0.05) is 12.1 Å². The molecule has 3 fully saturated rings. The van der Waals surface area contributed by atoms with Crippen molar-refractivity contribution in [1.29, 1.82) is 0 Å². The summed E-state index contributed by atoms with van der Waals surface area (Å²) in [5.41, 5.74) is 8.14. The van der Waals surface area contributed by atoms with Gasteiger partial charge in [0.15, 0.2) is 5.78 Å². The molecular weight excluding hydrogens is 774 g/mol. The second-order valence-corrected chi connectivity index (χ2v) is 18.2. The Balaban J connectivity index is 0.733. The van der Waals surface area contributed by atoms with Crippen LogP contribution in [0.25, 0.3) is 10.9 Å². The summed E-state index contributed by atoms with van der Waals surface area (Å²) >= 11 is 0. The van der Waals surface area contributed by atoms with Crippen LogP contribution in [0.3, 0.4) is 0 Å². The Morgan fingerprint density at radius 2 is 1.65 bits per heavy atom. The molecule has 1 aliphatic carbocycles. The summed E-state index contributed by atoms with van der Waals surface area (Å²) in [6.45, 7) is 5.63. The molecule has 5 aliphatic heterocycles. The van der Waals surface area contributed by atoms with Crippen LogP contribution >= 0.6 is 0 Å². The van der Waals surface area contributed by atoms with E-state index in [0.29, 0.717) is 50.2 Å². The minimum absolute atomic E-state index is 0.0399. The lowest BCUT2D eigenvalue weighted by atomic mass is 9.71. The number of nitrogens with zero attached hydrogens (tertiary/aromatic N) is 6. The van der Waals surface area contributed by atoms with Gasteiger partial charge in [-0.25, -0.2) is 0 Å². The number of ketones is 1. The third-order valence-electron chi connectivity index (χ3n) is 14.7. The summed E-state index contributed by atoms with van der Waals surface area (Å²) in [6, 6.07) is 10.7. The number of carbonyl (C=O) groups excluding carboxylic acids is 4. The monoisotopic (exact) mass is 822 g/mol. The Bertz CT molecular complexity index is 2380. The van der Waals surface area contributed by atoms with Gasteiger partial charge in [-0.15, -0.1) is 0 Å². The van der Waals surface area contributed by atoms with E-state index in [0.717, 1.165) is 96.3 Å². The average Bonchev–Trinajstić information content (AvgIpc) is 3.96. The number of alkyl halides is 3. The molecule has 60 heavy (non-hydrogen) atoms. The van der Waals surface area contributed by atoms with Crippen LogP contribution in [0.1, 0.15) is 95.4 Å². The molecular formula is C45H49F3N8O4. The number of anilines is 1. The number of piperidine rings is 3. The number of amides is 3. The zero-order valence-corrected chi connectivity index (χ0v) is 33.7. The van der Waals surface area contributed by atoms with Crippen molar-refractivity contribution in [2.24, 2.45) is 17.3 Å². The van der Waals surface area contributed by atoms with Gasteiger partial charge in [-0.3, -0.25) is 44.4 Å². The van der Waals surface area contributed by atoms with E-state index in [1.165, 1.54) is 4.90 Å². The summed E-state index contributed by atoms with van der Waals surface area (Å²) in [6.07, 6.45) is 4.96. The first-order valence-corrected chi connectivity index (χ1v) is 21.3. The van der Waals surface area contributed by atoms with Crippen molar-refractivity contribution in [2.45, 2.75) is 89.6 Å². The number of hydrogen-bond acceptors (Lipinski definition) is 9. The van der Waals surface area contributed by atoms with Crippen LogP contribution in [0.2, 0.25) is 0 Å². The number of H-pyrrole nitrogens is 1. The van der Waals surface area contributed by atoms with Crippen molar-refractivity contribution >= 4 is 40.1 Å². The van der Waals surface area contributed by atoms with Crippen molar-refractivity contribution in [3.63, 3.8) is 0 Å². The highest BCUT2D eigenvalue weighted by atomic mass is 19.4. The number of fused-ring (bicyclic) bond motifs is 5. The van der Waals surface area contributed by atoms with Gasteiger partial charge in [0, 0.05) is 61.4 Å². The maximum atomic E-state index is 13.9. The van der Waals surface area contributed by atoms with E-state index in [2.05, 4.69) is 25.3 Å². The van der Waals surface area contributed by atoms with E-state index in [1.807, 2.05) is 54.4 Å². The molecule has 3 saturated heterocycles. The Hall–Kier alpha value is -5.15. The van der Waals surface area contributed by atoms with Gasteiger partial charge >= 0.3 is 6.18 Å². The lowest BCUT2D eigenvalue weighted by Crippen LogP contribution is -2.49. The predicted octanol–water partition coefficient (Wildman–Crippen LogP) is 5.49. The second kappa shape index (κ2) is 14.8. The Kier molecular flexibility index (Phi) is 9.62. The molecule has 6 aliphatic rings. The van der Waals surface area contributed by atoms with E-state index < -0.39 is 30.6 Å². The zero-order valence-electron chi connectivity index (χ0n) is 33.7. The number of benzene rings is 2. The van der Waals surface area contributed by atoms with E-state index >= 15 is 0 Å². The molecule has 15 heteroatoms. The van der Waals surface area contributed by atoms with Crippen molar-refractivity contribution in [3.8, 4) is 0 Å². The first-order valence-electron chi connectivity index (χ1n) is 21.3. The van der Waals surface area contributed by atoms with Gasteiger partial charge in [0.2, 0.25) is 17.7 Å². The van der Waals surface area contributed by atoms with E-state index in [1.54, 1.807) is 6.20 Å². The molecule has 10 rings (SSSR count). The van der Waals surface area contributed by atoms with Gasteiger partial charge in [-0.05, 0) is 122 Å². The topological polar surface area (TPSA) is 135 Å². The number of pyridine rings is 1. The van der Waals surface area contributed by atoms with Crippen molar-refractivity contribution in [2.75, 3.05) is 44.2 Å². The molecule has 2 unspecified atom stereocenters. The minimum Gasteiger partial charge on any atom is -0.370 e. The predicted molar refractivity (Wildman–Crippen MR) is 216 cm³/mol. The number of aromatic amines is 1. The SMILES string of the molecule is C[C@@H]1Cc2c(ccc3[nH]ncc23)[C@@H](c2ccc(N3CCC4(CCN(CC(=O)N5Cc6cc7c(cc6C5)C(=O)C(C5CCC(=O)NC5=O)C7)CC4)CC3)cn2)N1CC(F)(F)F. The van der Waals surface area contributed by atoms with Crippen LogP contribution in [-0.2, 0) is 40.3 Å². The van der Waals surface area contributed by atoms with E-state index in [4.69, 9.17) is 4.98 Å². The van der Waals surface area contributed by atoms with Crippen LogP contribution in [-0.4, -0.2) is 105 Å². The molecule has 12 nitrogen and oxygen atoms in total. The van der Waals surface area contributed by atoms with Crippen LogP contribution in [0.5, 0.6) is 0 Å². The minimum atomic E-state index is -4.35. The molecule has 1 spiro atoms. The molecule has 0 radical (unpaired) electrons. The van der Waals surface area contributed by atoms with Gasteiger partial charge in [0.05, 0.1) is 48.4 Å². The number of Topliss-reactive ketones (excluding diaryl/α,β-unsaturated/α-hetero) is 1. The molecule has 0 bridgehead atoms. The number of aromatic nitrogens is 3. The molecule has 0 saturated carbocycles. The van der Waals surface area contributed by atoms with Gasteiger partial charge < -0.3 is 9.80 Å². The van der Waals surface area contributed by atoms with Gasteiger partial charge in [0.25, 0.3) is 0 Å². The highest BCUT2D eigenvalue weighted by molar-refractivity contribution is 6.07. The average molecular weight is 823 g/mol. The van der Waals surface area contributed by atoms with Crippen molar-refractivity contribution in [1.82, 2.24) is 35.2 Å². The third-order valence-corrected chi connectivity index (χ3v) is 14.7.